The normalized spacial score (nSPS) is 18.1. The minimum absolute atomic E-state index is 0.736. The van der Waals surface area contributed by atoms with E-state index in [0.717, 1.165) is 22.7 Å². The average Bonchev–Trinajstić information content (AvgIpc) is 2.21. The molecule has 82 valence electrons. The molecule has 0 amide bonds. The molecule has 0 heterocycles. The van der Waals surface area contributed by atoms with E-state index in [1.165, 1.54) is 32.1 Å². The van der Waals surface area contributed by atoms with Gasteiger partial charge in [-0.1, -0.05) is 50.2 Å². The highest BCUT2D eigenvalue weighted by Crippen LogP contribution is 2.25. The molecule has 0 aromatic heterocycles. The van der Waals surface area contributed by atoms with Crippen molar-refractivity contribution >= 4 is 28.3 Å². The fourth-order valence-corrected chi connectivity index (χ4v) is 3.46. The van der Waals surface area contributed by atoms with Gasteiger partial charge in [0.25, 0.3) is 0 Å². The van der Waals surface area contributed by atoms with Crippen molar-refractivity contribution in [1.29, 1.82) is 0 Å². The van der Waals surface area contributed by atoms with Crippen LogP contribution in [0.25, 0.3) is 0 Å². The molecule has 0 aromatic carbocycles. The summed E-state index contributed by atoms with van der Waals surface area (Å²) in [5, 5.41) is 0. The first-order chi connectivity index (χ1) is 6.79. The van der Waals surface area contributed by atoms with E-state index in [2.05, 4.69) is 18.7 Å². The van der Waals surface area contributed by atoms with Crippen LogP contribution in [0.2, 0.25) is 0 Å². The molecule has 0 aromatic rings. The van der Waals surface area contributed by atoms with Crippen LogP contribution in [-0.2, 0) is 0 Å². The fraction of sp³-hybridized carbons (Fsp3) is 0.909. The third-order valence-corrected chi connectivity index (χ3v) is 4.22. The van der Waals surface area contributed by atoms with Crippen LogP contribution in [0.5, 0.6) is 0 Å². The molecule has 1 nitrogen and oxygen atoms in total. The molecule has 1 aliphatic carbocycles. The van der Waals surface area contributed by atoms with Gasteiger partial charge in [-0.05, 0) is 25.5 Å². The SMILES string of the molecule is CCSC(=S)N(CC)C1CCCCC1. The molecule has 0 N–H and O–H groups in total. The van der Waals surface area contributed by atoms with E-state index >= 15 is 0 Å². The van der Waals surface area contributed by atoms with Crippen molar-refractivity contribution in [3.63, 3.8) is 0 Å². The average molecular weight is 231 g/mol. The first kappa shape index (κ1) is 12.3. The van der Waals surface area contributed by atoms with Crippen LogP contribution in [0.3, 0.4) is 0 Å². The standard InChI is InChI=1S/C11H21NS2/c1-3-12(11(13)14-4-2)10-8-6-5-7-9-10/h10H,3-9H2,1-2H3. The number of thiocarbonyl (C=S) groups is 1. The summed E-state index contributed by atoms with van der Waals surface area (Å²) in [5.41, 5.74) is 0. The van der Waals surface area contributed by atoms with E-state index in [9.17, 15) is 0 Å². The highest BCUT2D eigenvalue weighted by atomic mass is 32.2. The van der Waals surface area contributed by atoms with Gasteiger partial charge in [0.1, 0.15) is 4.32 Å². The molecule has 0 aliphatic heterocycles. The molecule has 0 radical (unpaired) electrons. The Morgan fingerprint density at radius 2 is 1.93 bits per heavy atom. The van der Waals surface area contributed by atoms with Crippen LogP contribution >= 0.6 is 24.0 Å². The number of nitrogens with zero attached hydrogens (tertiary/aromatic N) is 1. The first-order valence-corrected chi connectivity index (χ1v) is 7.12. The van der Waals surface area contributed by atoms with Crippen LogP contribution in [0.4, 0.5) is 0 Å². The molecule has 14 heavy (non-hydrogen) atoms. The topological polar surface area (TPSA) is 3.24 Å². The lowest BCUT2D eigenvalue weighted by atomic mass is 9.94. The van der Waals surface area contributed by atoms with Crippen molar-refractivity contribution in [2.75, 3.05) is 12.3 Å². The Labute approximate surface area is 97.6 Å². The Morgan fingerprint density at radius 1 is 1.29 bits per heavy atom. The van der Waals surface area contributed by atoms with E-state index in [4.69, 9.17) is 12.2 Å². The number of thioether (sulfide) groups is 1. The Morgan fingerprint density at radius 3 is 2.43 bits per heavy atom. The van der Waals surface area contributed by atoms with E-state index in [-0.39, 0.29) is 0 Å². The summed E-state index contributed by atoms with van der Waals surface area (Å²) in [6, 6.07) is 0.736. The zero-order valence-electron chi connectivity index (χ0n) is 9.29. The Bertz CT molecular complexity index is 176. The van der Waals surface area contributed by atoms with Gasteiger partial charge in [0.05, 0.1) is 0 Å². The molecule has 1 rings (SSSR count). The minimum Gasteiger partial charge on any atom is -0.355 e. The summed E-state index contributed by atoms with van der Waals surface area (Å²) in [6.07, 6.45) is 6.89. The van der Waals surface area contributed by atoms with E-state index in [1.54, 1.807) is 0 Å². The van der Waals surface area contributed by atoms with Crippen molar-refractivity contribution in [2.24, 2.45) is 0 Å². The number of rotatable bonds is 3. The molecule has 0 saturated heterocycles. The van der Waals surface area contributed by atoms with Crippen LogP contribution in [0.1, 0.15) is 46.0 Å². The lowest BCUT2D eigenvalue weighted by Crippen LogP contribution is -2.39. The molecule has 0 spiro atoms. The van der Waals surface area contributed by atoms with Crippen LogP contribution < -0.4 is 0 Å². The van der Waals surface area contributed by atoms with Crippen LogP contribution in [0, 0.1) is 0 Å². The summed E-state index contributed by atoms with van der Waals surface area (Å²) in [5.74, 6) is 1.10. The van der Waals surface area contributed by atoms with E-state index in [1.807, 2.05) is 11.8 Å². The first-order valence-electron chi connectivity index (χ1n) is 5.73. The zero-order valence-corrected chi connectivity index (χ0v) is 10.9. The monoisotopic (exact) mass is 231 g/mol. The quantitative estimate of drug-likeness (QED) is 0.682. The van der Waals surface area contributed by atoms with Crippen molar-refractivity contribution < 1.29 is 0 Å². The zero-order chi connectivity index (χ0) is 10.4. The maximum Gasteiger partial charge on any atom is 0.136 e. The molecule has 1 fully saturated rings. The minimum atomic E-state index is 0.736. The number of hydrogen-bond acceptors (Lipinski definition) is 2. The number of hydrogen-bond donors (Lipinski definition) is 0. The van der Waals surface area contributed by atoms with Crippen molar-refractivity contribution in [2.45, 2.75) is 52.0 Å². The summed E-state index contributed by atoms with van der Waals surface area (Å²) in [7, 11) is 0. The molecule has 1 saturated carbocycles. The third-order valence-electron chi connectivity index (χ3n) is 2.86. The lowest BCUT2D eigenvalue weighted by Gasteiger charge is -2.35. The van der Waals surface area contributed by atoms with Gasteiger partial charge in [0, 0.05) is 12.6 Å². The fourth-order valence-electron chi connectivity index (χ4n) is 2.14. The summed E-state index contributed by atoms with van der Waals surface area (Å²) in [6.45, 7) is 5.47. The Balaban J connectivity index is 2.46. The largest absolute Gasteiger partial charge is 0.355 e. The summed E-state index contributed by atoms with van der Waals surface area (Å²) in [4.78, 5) is 2.43. The van der Waals surface area contributed by atoms with E-state index < -0.39 is 0 Å². The Kier molecular flexibility index (Phi) is 5.87. The smallest absolute Gasteiger partial charge is 0.136 e. The molecule has 1 aliphatic rings. The summed E-state index contributed by atoms with van der Waals surface area (Å²) >= 11 is 7.26. The van der Waals surface area contributed by atoms with Gasteiger partial charge in [-0.15, -0.1) is 0 Å². The second-order valence-electron chi connectivity index (χ2n) is 3.78. The summed E-state index contributed by atoms with van der Waals surface area (Å²) < 4.78 is 1.11. The molecule has 0 bridgehead atoms. The predicted octanol–water partition coefficient (Wildman–Crippen LogP) is 3.68. The van der Waals surface area contributed by atoms with Gasteiger partial charge in [0.2, 0.25) is 0 Å². The van der Waals surface area contributed by atoms with Crippen molar-refractivity contribution in [3.05, 3.63) is 0 Å². The molecular formula is C11H21NS2. The van der Waals surface area contributed by atoms with Crippen LogP contribution in [0.15, 0.2) is 0 Å². The van der Waals surface area contributed by atoms with Gasteiger partial charge in [0.15, 0.2) is 0 Å². The maximum absolute atomic E-state index is 5.44. The molecular weight excluding hydrogens is 210 g/mol. The van der Waals surface area contributed by atoms with Gasteiger partial charge < -0.3 is 4.90 Å². The van der Waals surface area contributed by atoms with Crippen LogP contribution in [-0.4, -0.2) is 27.6 Å². The van der Waals surface area contributed by atoms with Crippen molar-refractivity contribution in [1.82, 2.24) is 4.90 Å². The molecule has 3 heteroatoms. The highest BCUT2D eigenvalue weighted by molar-refractivity contribution is 8.22. The second kappa shape index (κ2) is 6.67. The van der Waals surface area contributed by atoms with Gasteiger partial charge in [-0.25, -0.2) is 0 Å². The maximum atomic E-state index is 5.44. The van der Waals surface area contributed by atoms with Gasteiger partial charge in [-0.3, -0.25) is 0 Å². The Hall–Kier alpha value is 0.240. The van der Waals surface area contributed by atoms with Crippen molar-refractivity contribution in [3.8, 4) is 0 Å². The second-order valence-corrected chi connectivity index (χ2v) is 5.67. The lowest BCUT2D eigenvalue weighted by molar-refractivity contribution is 0.259. The van der Waals surface area contributed by atoms with Gasteiger partial charge in [-0.2, -0.15) is 0 Å². The van der Waals surface area contributed by atoms with Gasteiger partial charge >= 0.3 is 0 Å². The van der Waals surface area contributed by atoms with E-state index in [0.29, 0.717) is 0 Å². The molecule has 0 unspecified atom stereocenters. The molecule has 0 atom stereocenters. The highest BCUT2D eigenvalue weighted by Gasteiger charge is 2.21. The third kappa shape index (κ3) is 3.43. The predicted molar refractivity (Wildman–Crippen MR) is 70.0 cm³/mol.